The molecule has 1 heterocycles. The van der Waals surface area contributed by atoms with E-state index in [0.717, 1.165) is 0 Å². The van der Waals surface area contributed by atoms with E-state index in [4.69, 9.17) is 14.7 Å². The van der Waals surface area contributed by atoms with Crippen LogP contribution in [-0.4, -0.2) is 18.5 Å². The molecule has 3 aromatic rings. The van der Waals surface area contributed by atoms with Gasteiger partial charge in [-0.2, -0.15) is 5.26 Å². The van der Waals surface area contributed by atoms with Crippen molar-refractivity contribution in [3.8, 4) is 17.6 Å². The maximum atomic E-state index is 12.9. The van der Waals surface area contributed by atoms with Gasteiger partial charge in [0, 0.05) is 0 Å². The highest BCUT2D eigenvalue weighted by Crippen LogP contribution is 2.23. The number of hydrogen-bond donors (Lipinski definition) is 1. The van der Waals surface area contributed by atoms with E-state index < -0.39 is 18.5 Å². The van der Waals surface area contributed by atoms with Gasteiger partial charge in [0.25, 0.3) is 5.91 Å². The molecule has 0 radical (unpaired) electrons. The van der Waals surface area contributed by atoms with E-state index >= 15 is 0 Å². The topological polar surface area (TPSA) is 88.4 Å². The fourth-order valence-corrected chi connectivity index (χ4v) is 2.92. The van der Waals surface area contributed by atoms with E-state index in [0.29, 0.717) is 22.1 Å². The molecule has 0 saturated heterocycles. The van der Waals surface area contributed by atoms with Crippen LogP contribution in [0.2, 0.25) is 0 Å². The average molecular weight is 396 g/mol. The number of benzene rings is 2. The van der Waals surface area contributed by atoms with Crippen LogP contribution in [0.5, 0.6) is 11.5 Å². The Hall–Kier alpha value is -3.70. The van der Waals surface area contributed by atoms with E-state index in [1.54, 1.807) is 23.6 Å². The summed E-state index contributed by atoms with van der Waals surface area (Å²) in [6, 6.07) is 15.2. The first-order chi connectivity index (χ1) is 13.5. The Kier molecular flexibility index (Phi) is 5.99. The summed E-state index contributed by atoms with van der Waals surface area (Å²) in [6.45, 7) is -0.477. The smallest absolute Gasteiger partial charge is 0.338 e. The first kappa shape index (κ1) is 19.1. The molecule has 0 aliphatic carbocycles. The van der Waals surface area contributed by atoms with Crippen LogP contribution in [0, 0.1) is 17.1 Å². The molecule has 8 heteroatoms. The Morgan fingerprint density at radius 2 is 1.68 bits per heavy atom. The number of hydrogen-bond acceptors (Lipinski definition) is 6. The zero-order valence-corrected chi connectivity index (χ0v) is 15.2. The quantitative estimate of drug-likeness (QED) is 0.626. The van der Waals surface area contributed by atoms with Crippen LogP contribution in [-0.2, 0) is 9.53 Å². The fraction of sp³-hybridized carbons (Fsp3) is 0.0500. The Bertz CT molecular complexity index is 1020. The van der Waals surface area contributed by atoms with Gasteiger partial charge < -0.3 is 14.8 Å². The molecule has 0 unspecified atom stereocenters. The minimum Gasteiger partial charge on any atom is -0.457 e. The van der Waals surface area contributed by atoms with Gasteiger partial charge in [-0.1, -0.05) is 0 Å². The number of amides is 1. The molecule has 28 heavy (non-hydrogen) atoms. The lowest BCUT2D eigenvalue weighted by atomic mass is 10.2. The largest absolute Gasteiger partial charge is 0.457 e. The van der Waals surface area contributed by atoms with Crippen molar-refractivity contribution < 1.29 is 23.5 Å². The molecule has 0 spiro atoms. The van der Waals surface area contributed by atoms with E-state index in [1.807, 2.05) is 6.07 Å². The number of carbonyl (C=O) groups excluding carboxylic acids is 2. The van der Waals surface area contributed by atoms with Crippen molar-refractivity contribution in [2.75, 3.05) is 11.9 Å². The van der Waals surface area contributed by atoms with Crippen molar-refractivity contribution in [3.05, 3.63) is 76.9 Å². The van der Waals surface area contributed by atoms with Crippen molar-refractivity contribution in [2.24, 2.45) is 0 Å². The highest BCUT2D eigenvalue weighted by molar-refractivity contribution is 7.14. The molecule has 2 aromatic carbocycles. The highest BCUT2D eigenvalue weighted by Gasteiger charge is 2.13. The average Bonchev–Trinajstić information content (AvgIpc) is 3.15. The molecular weight excluding hydrogens is 383 g/mol. The van der Waals surface area contributed by atoms with Gasteiger partial charge in [-0.15, -0.1) is 11.3 Å². The number of halogens is 1. The zero-order valence-electron chi connectivity index (χ0n) is 14.3. The summed E-state index contributed by atoms with van der Waals surface area (Å²) in [5, 5.41) is 13.5. The Balaban J connectivity index is 1.52. The summed E-state index contributed by atoms with van der Waals surface area (Å²) < 4.78 is 23.4. The number of carbonyl (C=O) groups is 2. The lowest BCUT2D eigenvalue weighted by molar-refractivity contribution is -0.119. The minimum atomic E-state index is -0.671. The van der Waals surface area contributed by atoms with Gasteiger partial charge in [-0.05, 0) is 60.0 Å². The van der Waals surface area contributed by atoms with Crippen LogP contribution in [0.1, 0.15) is 15.9 Å². The Morgan fingerprint density at radius 1 is 1.04 bits per heavy atom. The number of anilines is 1. The second-order valence-electron chi connectivity index (χ2n) is 5.48. The lowest BCUT2D eigenvalue weighted by Crippen LogP contribution is -2.20. The number of rotatable bonds is 6. The van der Waals surface area contributed by atoms with Gasteiger partial charge in [0.05, 0.1) is 11.1 Å². The number of esters is 1. The molecule has 0 fully saturated rings. The number of thiophene rings is 1. The standard InChI is InChI=1S/C20H13FN2O4S/c21-15-3-7-17(8-4-15)27-16-5-1-13(2-6-16)20(25)26-12-18(24)23-19-14(11-22)9-10-28-19/h1-10H,12H2,(H,23,24). The normalized spacial score (nSPS) is 10.0. The predicted octanol–water partition coefficient (Wildman–Crippen LogP) is 4.35. The number of nitrogens with one attached hydrogen (secondary N) is 1. The molecule has 1 amide bonds. The van der Waals surface area contributed by atoms with Gasteiger partial charge in [-0.25, -0.2) is 9.18 Å². The van der Waals surface area contributed by atoms with Gasteiger partial charge in [0.15, 0.2) is 6.61 Å². The third-order valence-corrected chi connectivity index (χ3v) is 4.34. The molecule has 0 bridgehead atoms. The summed E-state index contributed by atoms with van der Waals surface area (Å²) in [6.07, 6.45) is 0. The lowest BCUT2D eigenvalue weighted by Gasteiger charge is -2.08. The van der Waals surface area contributed by atoms with Crippen LogP contribution < -0.4 is 10.1 Å². The molecular formula is C20H13FN2O4S. The van der Waals surface area contributed by atoms with Crippen LogP contribution in [0.15, 0.2) is 60.0 Å². The molecule has 140 valence electrons. The van der Waals surface area contributed by atoms with Crippen LogP contribution in [0.3, 0.4) is 0 Å². The summed E-state index contributed by atoms with van der Waals surface area (Å²) in [7, 11) is 0. The molecule has 0 saturated carbocycles. The van der Waals surface area contributed by atoms with Crippen LogP contribution >= 0.6 is 11.3 Å². The molecule has 3 rings (SSSR count). The maximum Gasteiger partial charge on any atom is 0.338 e. The highest BCUT2D eigenvalue weighted by atomic mass is 32.1. The summed E-state index contributed by atoms with van der Waals surface area (Å²) in [5.74, 6) is -0.655. The SMILES string of the molecule is N#Cc1ccsc1NC(=O)COC(=O)c1ccc(Oc2ccc(F)cc2)cc1. The second-order valence-corrected chi connectivity index (χ2v) is 6.40. The monoisotopic (exact) mass is 396 g/mol. The Morgan fingerprint density at radius 3 is 2.32 bits per heavy atom. The zero-order chi connectivity index (χ0) is 19.9. The Labute approximate surface area is 163 Å². The summed E-state index contributed by atoms with van der Waals surface area (Å²) in [4.78, 5) is 23.9. The first-order valence-electron chi connectivity index (χ1n) is 8.03. The third-order valence-electron chi connectivity index (χ3n) is 3.51. The van der Waals surface area contributed by atoms with Gasteiger partial charge in [0.2, 0.25) is 0 Å². The molecule has 0 aliphatic heterocycles. The number of nitrogens with zero attached hydrogens (tertiary/aromatic N) is 1. The van der Waals surface area contributed by atoms with Crippen molar-refractivity contribution in [1.29, 1.82) is 5.26 Å². The molecule has 6 nitrogen and oxygen atoms in total. The molecule has 1 N–H and O–H groups in total. The first-order valence-corrected chi connectivity index (χ1v) is 8.91. The maximum absolute atomic E-state index is 12.9. The van der Waals surface area contributed by atoms with Crippen molar-refractivity contribution in [2.45, 2.75) is 0 Å². The third kappa shape index (κ3) is 4.93. The van der Waals surface area contributed by atoms with E-state index in [-0.39, 0.29) is 11.4 Å². The van der Waals surface area contributed by atoms with E-state index in [2.05, 4.69) is 5.32 Å². The number of nitriles is 1. The van der Waals surface area contributed by atoms with Crippen LogP contribution in [0.4, 0.5) is 9.39 Å². The van der Waals surface area contributed by atoms with Gasteiger partial charge in [-0.3, -0.25) is 4.79 Å². The minimum absolute atomic E-state index is 0.244. The summed E-state index contributed by atoms with van der Waals surface area (Å²) in [5.41, 5.74) is 0.592. The van der Waals surface area contributed by atoms with Crippen molar-refractivity contribution in [3.63, 3.8) is 0 Å². The second kappa shape index (κ2) is 8.79. The molecule has 0 aliphatic rings. The van der Waals surface area contributed by atoms with Gasteiger partial charge >= 0.3 is 5.97 Å². The van der Waals surface area contributed by atoms with Gasteiger partial charge in [0.1, 0.15) is 28.4 Å². The van der Waals surface area contributed by atoms with Crippen molar-refractivity contribution in [1.82, 2.24) is 0 Å². The van der Waals surface area contributed by atoms with E-state index in [1.165, 1.54) is 47.7 Å². The fourth-order valence-electron chi connectivity index (χ4n) is 2.17. The van der Waals surface area contributed by atoms with Crippen molar-refractivity contribution >= 4 is 28.2 Å². The van der Waals surface area contributed by atoms with Crippen LogP contribution in [0.25, 0.3) is 0 Å². The number of ether oxygens (including phenoxy) is 2. The predicted molar refractivity (Wildman–Crippen MR) is 101 cm³/mol. The molecule has 1 aromatic heterocycles. The summed E-state index contributed by atoms with van der Waals surface area (Å²) >= 11 is 1.21. The molecule has 0 atom stereocenters. The van der Waals surface area contributed by atoms with E-state index in [9.17, 15) is 14.0 Å².